The molecule has 0 spiro atoms. The van der Waals surface area contributed by atoms with Crippen molar-refractivity contribution in [2.75, 3.05) is 33.4 Å². The van der Waals surface area contributed by atoms with Gasteiger partial charge < -0.3 is 14.7 Å². The monoisotopic (exact) mass is 217 g/mol. The van der Waals surface area contributed by atoms with E-state index in [4.69, 9.17) is 4.74 Å². The molecule has 92 valence electrons. The van der Waals surface area contributed by atoms with Gasteiger partial charge in [0.1, 0.15) is 0 Å². The predicted molar refractivity (Wildman–Crippen MR) is 64.0 cm³/mol. The third-order valence-corrected chi connectivity index (χ3v) is 2.07. The van der Waals surface area contributed by atoms with E-state index in [2.05, 4.69) is 32.6 Å². The number of ether oxygens (including phenoxy) is 1. The van der Waals surface area contributed by atoms with E-state index in [1.165, 1.54) is 0 Å². The second-order valence-corrected chi connectivity index (χ2v) is 5.12. The van der Waals surface area contributed by atoms with Gasteiger partial charge in [0, 0.05) is 26.7 Å². The molecule has 0 heterocycles. The largest absolute Gasteiger partial charge is 0.389 e. The number of hydrogen-bond acceptors (Lipinski definition) is 3. The first-order chi connectivity index (χ1) is 6.95. The predicted octanol–water partition coefficient (Wildman–Crippen LogP) is 1.61. The van der Waals surface area contributed by atoms with Gasteiger partial charge in [-0.05, 0) is 11.8 Å². The van der Waals surface area contributed by atoms with Crippen molar-refractivity contribution in [2.24, 2.45) is 11.8 Å². The van der Waals surface area contributed by atoms with Crippen molar-refractivity contribution in [3.05, 3.63) is 0 Å². The third-order valence-electron chi connectivity index (χ3n) is 2.07. The Morgan fingerprint density at radius 1 is 1.00 bits per heavy atom. The highest BCUT2D eigenvalue weighted by atomic mass is 16.5. The van der Waals surface area contributed by atoms with E-state index in [0.717, 1.165) is 13.1 Å². The molecule has 15 heavy (non-hydrogen) atoms. The Kier molecular flexibility index (Phi) is 8.02. The van der Waals surface area contributed by atoms with Gasteiger partial charge in [-0.15, -0.1) is 0 Å². The summed E-state index contributed by atoms with van der Waals surface area (Å²) in [6.45, 7) is 12.0. The van der Waals surface area contributed by atoms with Crippen LogP contribution >= 0.6 is 0 Å². The number of hydrogen-bond donors (Lipinski definition) is 1. The van der Waals surface area contributed by atoms with E-state index in [9.17, 15) is 5.11 Å². The molecule has 0 bridgehead atoms. The van der Waals surface area contributed by atoms with Gasteiger partial charge in [0.15, 0.2) is 0 Å². The van der Waals surface area contributed by atoms with Crippen molar-refractivity contribution < 1.29 is 9.84 Å². The lowest BCUT2D eigenvalue weighted by Crippen LogP contribution is -2.39. The minimum Gasteiger partial charge on any atom is -0.389 e. The van der Waals surface area contributed by atoms with Gasteiger partial charge in [-0.2, -0.15) is 0 Å². The second kappa shape index (κ2) is 8.08. The van der Waals surface area contributed by atoms with Crippen LogP contribution in [0.5, 0.6) is 0 Å². The Morgan fingerprint density at radius 3 is 1.80 bits per heavy atom. The number of nitrogens with zero attached hydrogens (tertiary/aromatic N) is 1. The highest BCUT2D eigenvalue weighted by Gasteiger charge is 2.13. The lowest BCUT2D eigenvalue weighted by Gasteiger charge is -2.28. The van der Waals surface area contributed by atoms with Crippen molar-refractivity contribution in [3.63, 3.8) is 0 Å². The van der Waals surface area contributed by atoms with E-state index in [1.54, 1.807) is 7.11 Å². The fourth-order valence-electron chi connectivity index (χ4n) is 1.80. The van der Waals surface area contributed by atoms with Gasteiger partial charge in [0.2, 0.25) is 0 Å². The smallest absolute Gasteiger partial charge is 0.0900 e. The molecule has 1 N–H and O–H groups in total. The van der Waals surface area contributed by atoms with E-state index >= 15 is 0 Å². The quantitative estimate of drug-likeness (QED) is 0.670. The molecule has 0 aromatic heterocycles. The van der Waals surface area contributed by atoms with E-state index in [1.807, 2.05) is 0 Å². The maximum absolute atomic E-state index is 9.68. The van der Waals surface area contributed by atoms with Crippen LogP contribution in [0.2, 0.25) is 0 Å². The molecule has 0 radical (unpaired) electrons. The Labute approximate surface area is 94.4 Å². The molecule has 3 heteroatoms. The summed E-state index contributed by atoms with van der Waals surface area (Å²) in [6.07, 6.45) is -0.368. The number of rotatable bonds is 8. The fraction of sp³-hybridized carbons (Fsp3) is 1.00. The second-order valence-electron chi connectivity index (χ2n) is 5.12. The van der Waals surface area contributed by atoms with Crippen molar-refractivity contribution in [3.8, 4) is 0 Å². The van der Waals surface area contributed by atoms with Crippen LogP contribution in [-0.2, 0) is 4.74 Å². The Morgan fingerprint density at radius 2 is 1.47 bits per heavy atom. The third kappa shape index (κ3) is 8.85. The zero-order chi connectivity index (χ0) is 11.8. The van der Waals surface area contributed by atoms with Crippen LogP contribution in [0, 0.1) is 11.8 Å². The summed E-state index contributed by atoms with van der Waals surface area (Å²) in [7, 11) is 1.62. The summed E-state index contributed by atoms with van der Waals surface area (Å²) >= 11 is 0. The molecule has 1 atom stereocenters. The Hall–Kier alpha value is -0.120. The lowest BCUT2D eigenvalue weighted by molar-refractivity contribution is 0.0324. The average Bonchev–Trinajstić information content (AvgIpc) is 2.00. The summed E-state index contributed by atoms with van der Waals surface area (Å²) in [5.74, 6) is 1.27. The molecule has 0 aromatic rings. The van der Waals surface area contributed by atoms with Crippen molar-refractivity contribution in [1.82, 2.24) is 4.90 Å². The zero-order valence-electron chi connectivity index (χ0n) is 10.9. The van der Waals surface area contributed by atoms with Crippen LogP contribution in [0.25, 0.3) is 0 Å². The number of aliphatic hydroxyl groups excluding tert-OH is 1. The average molecular weight is 217 g/mol. The van der Waals surface area contributed by atoms with Crippen molar-refractivity contribution in [1.29, 1.82) is 0 Å². The SMILES string of the molecule is COCC(O)CN(CC(C)C)CC(C)C. The van der Waals surface area contributed by atoms with Crippen LogP contribution in [0.15, 0.2) is 0 Å². The minimum absolute atomic E-state index is 0.368. The van der Waals surface area contributed by atoms with Crippen LogP contribution < -0.4 is 0 Å². The Balaban J connectivity index is 3.99. The standard InChI is InChI=1S/C12H27NO2/c1-10(2)6-13(7-11(3)4)8-12(14)9-15-5/h10-12,14H,6-9H2,1-5H3. The van der Waals surface area contributed by atoms with Crippen molar-refractivity contribution in [2.45, 2.75) is 33.8 Å². The number of aliphatic hydroxyl groups is 1. The molecule has 1 unspecified atom stereocenters. The summed E-state index contributed by atoms with van der Waals surface area (Å²) in [6, 6.07) is 0. The first-order valence-corrected chi connectivity index (χ1v) is 5.85. The maximum Gasteiger partial charge on any atom is 0.0900 e. The van der Waals surface area contributed by atoms with Crippen molar-refractivity contribution >= 4 is 0 Å². The fourth-order valence-corrected chi connectivity index (χ4v) is 1.80. The van der Waals surface area contributed by atoms with E-state index in [0.29, 0.717) is 25.0 Å². The molecule has 0 amide bonds. The molecule has 3 nitrogen and oxygen atoms in total. The first kappa shape index (κ1) is 14.9. The summed E-state index contributed by atoms with van der Waals surface area (Å²) in [4.78, 5) is 2.32. The van der Waals surface area contributed by atoms with Gasteiger partial charge in [-0.3, -0.25) is 0 Å². The normalized spacial score (nSPS) is 14.2. The lowest BCUT2D eigenvalue weighted by atomic mass is 10.1. The number of methoxy groups -OCH3 is 1. The zero-order valence-corrected chi connectivity index (χ0v) is 10.9. The molecule has 0 rings (SSSR count). The minimum atomic E-state index is -0.368. The topological polar surface area (TPSA) is 32.7 Å². The van der Waals surface area contributed by atoms with Crippen LogP contribution in [0.4, 0.5) is 0 Å². The summed E-state index contributed by atoms with van der Waals surface area (Å²) < 4.78 is 4.94. The van der Waals surface area contributed by atoms with Gasteiger partial charge >= 0.3 is 0 Å². The van der Waals surface area contributed by atoms with Gasteiger partial charge in [-0.1, -0.05) is 27.7 Å². The molecular weight excluding hydrogens is 190 g/mol. The maximum atomic E-state index is 9.68. The first-order valence-electron chi connectivity index (χ1n) is 5.85. The molecule has 0 fully saturated rings. The highest BCUT2D eigenvalue weighted by Crippen LogP contribution is 2.04. The Bertz CT molecular complexity index is 139. The molecule has 0 aliphatic heterocycles. The van der Waals surface area contributed by atoms with Gasteiger partial charge in [0.05, 0.1) is 12.7 Å². The van der Waals surface area contributed by atoms with Crippen LogP contribution in [0.3, 0.4) is 0 Å². The van der Waals surface area contributed by atoms with Gasteiger partial charge in [0.25, 0.3) is 0 Å². The molecule has 0 aliphatic carbocycles. The molecule has 0 aliphatic rings. The van der Waals surface area contributed by atoms with Crippen LogP contribution in [-0.4, -0.2) is 49.5 Å². The van der Waals surface area contributed by atoms with Crippen LogP contribution in [0.1, 0.15) is 27.7 Å². The van der Waals surface area contributed by atoms with E-state index in [-0.39, 0.29) is 6.10 Å². The summed E-state index contributed by atoms with van der Waals surface area (Å²) in [5, 5.41) is 9.68. The summed E-state index contributed by atoms with van der Waals surface area (Å²) in [5.41, 5.74) is 0. The van der Waals surface area contributed by atoms with Gasteiger partial charge in [-0.25, -0.2) is 0 Å². The van der Waals surface area contributed by atoms with E-state index < -0.39 is 0 Å². The molecule has 0 aromatic carbocycles. The molecule has 0 saturated heterocycles. The molecule has 0 saturated carbocycles. The highest BCUT2D eigenvalue weighted by molar-refractivity contribution is 4.67. The molecular formula is C12H27NO2.